The van der Waals surface area contributed by atoms with Gasteiger partial charge >= 0.3 is 6.18 Å². The van der Waals surface area contributed by atoms with E-state index < -0.39 is 11.7 Å². The molecule has 0 saturated heterocycles. The van der Waals surface area contributed by atoms with Gasteiger partial charge in [-0.3, -0.25) is 4.79 Å². The average Bonchev–Trinajstić information content (AvgIpc) is 2.89. The fraction of sp³-hybridized carbons (Fsp3) is 0.231. The Balaban J connectivity index is 1.94. The monoisotopic (exact) mass is 300 g/mol. The molecule has 1 aromatic carbocycles. The lowest BCUT2D eigenvalue weighted by atomic mass is 10.1. The van der Waals surface area contributed by atoms with Gasteiger partial charge in [0.1, 0.15) is 0 Å². The smallest absolute Gasteiger partial charge is 0.350 e. The van der Waals surface area contributed by atoms with Crippen molar-refractivity contribution in [1.29, 1.82) is 0 Å². The standard InChI is InChI=1S/C13H11F3N2OS/c14-13(15,16)10-3-1-2-9(4-10)5-12(19)17-6-11-7-20-8-18-11/h1-4,7-8H,5-6H2,(H,17,19). The minimum absolute atomic E-state index is 0.0892. The number of carbonyl (C=O) groups excluding carboxylic acids is 1. The van der Waals surface area contributed by atoms with Gasteiger partial charge in [-0.2, -0.15) is 13.2 Å². The minimum Gasteiger partial charge on any atom is -0.350 e. The summed E-state index contributed by atoms with van der Waals surface area (Å²) in [5.74, 6) is -0.336. The molecule has 2 rings (SSSR count). The molecule has 0 fully saturated rings. The van der Waals surface area contributed by atoms with Crippen LogP contribution >= 0.6 is 11.3 Å². The van der Waals surface area contributed by atoms with Crippen molar-refractivity contribution in [1.82, 2.24) is 10.3 Å². The van der Waals surface area contributed by atoms with Crippen molar-refractivity contribution in [3.63, 3.8) is 0 Å². The maximum atomic E-state index is 12.5. The van der Waals surface area contributed by atoms with Crippen molar-refractivity contribution in [2.75, 3.05) is 0 Å². The fourth-order valence-corrected chi connectivity index (χ4v) is 2.18. The Morgan fingerprint density at radius 3 is 2.80 bits per heavy atom. The molecule has 0 saturated carbocycles. The number of halogens is 3. The van der Waals surface area contributed by atoms with Gasteiger partial charge in [-0.15, -0.1) is 11.3 Å². The quantitative estimate of drug-likeness (QED) is 0.943. The van der Waals surface area contributed by atoms with Crippen LogP contribution in [-0.4, -0.2) is 10.9 Å². The van der Waals surface area contributed by atoms with Crippen LogP contribution in [0.2, 0.25) is 0 Å². The Hall–Kier alpha value is -1.89. The normalized spacial score (nSPS) is 11.3. The highest BCUT2D eigenvalue weighted by molar-refractivity contribution is 7.07. The summed E-state index contributed by atoms with van der Waals surface area (Å²) in [7, 11) is 0. The second-order valence-corrected chi connectivity index (χ2v) is 4.85. The number of aromatic nitrogens is 1. The van der Waals surface area contributed by atoms with Gasteiger partial charge in [0.2, 0.25) is 5.91 Å². The molecular formula is C13H11F3N2OS. The Morgan fingerprint density at radius 2 is 2.15 bits per heavy atom. The van der Waals surface area contributed by atoms with E-state index in [-0.39, 0.29) is 18.9 Å². The van der Waals surface area contributed by atoms with Crippen molar-refractivity contribution in [2.45, 2.75) is 19.1 Å². The first-order valence-electron chi connectivity index (χ1n) is 5.75. The first kappa shape index (κ1) is 14.5. The van der Waals surface area contributed by atoms with E-state index in [1.807, 2.05) is 0 Å². The molecule has 0 spiro atoms. The molecule has 2 aromatic rings. The van der Waals surface area contributed by atoms with Gasteiger partial charge in [0.25, 0.3) is 0 Å². The van der Waals surface area contributed by atoms with E-state index in [4.69, 9.17) is 0 Å². The van der Waals surface area contributed by atoms with Gasteiger partial charge in [0.15, 0.2) is 0 Å². The van der Waals surface area contributed by atoms with Crippen molar-refractivity contribution in [3.05, 3.63) is 52.0 Å². The number of thiazole rings is 1. The van der Waals surface area contributed by atoms with Crippen LogP contribution in [0.25, 0.3) is 0 Å². The Bertz CT molecular complexity index is 582. The van der Waals surface area contributed by atoms with E-state index in [1.165, 1.54) is 23.5 Å². The molecule has 20 heavy (non-hydrogen) atoms. The van der Waals surface area contributed by atoms with E-state index in [2.05, 4.69) is 10.3 Å². The lowest BCUT2D eigenvalue weighted by molar-refractivity contribution is -0.137. The number of carbonyl (C=O) groups is 1. The molecular weight excluding hydrogens is 289 g/mol. The molecule has 106 valence electrons. The second kappa shape index (κ2) is 6.04. The van der Waals surface area contributed by atoms with Crippen molar-refractivity contribution >= 4 is 17.2 Å². The van der Waals surface area contributed by atoms with Crippen LogP contribution in [-0.2, 0) is 23.9 Å². The zero-order valence-electron chi connectivity index (χ0n) is 10.3. The lowest BCUT2D eigenvalue weighted by Crippen LogP contribution is -2.24. The molecule has 1 heterocycles. The second-order valence-electron chi connectivity index (χ2n) is 4.13. The molecule has 1 aromatic heterocycles. The summed E-state index contributed by atoms with van der Waals surface area (Å²) < 4.78 is 37.6. The number of amides is 1. The van der Waals surface area contributed by atoms with Crippen molar-refractivity contribution < 1.29 is 18.0 Å². The molecule has 0 bridgehead atoms. The summed E-state index contributed by atoms with van der Waals surface area (Å²) in [6.45, 7) is 0.279. The van der Waals surface area contributed by atoms with Crippen LogP contribution in [0.4, 0.5) is 13.2 Å². The lowest BCUT2D eigenvalue weighted by Gasteiger charge is -2.08. The van der Waals surface area contributed by atoms with Crippen LogP contribution in [0.15, 0.2) is 35.2 Å². The first-order valence-corrected chi connectivity index (χ1v) is 6.69. The third-order valence-corrected chi connectivity index (χ3v) is 3.20. The summed E-state index contributed by atoms with van der Waals surface area (Å²) in [4.78, 5) is 15.6. The number of hydrogen-bond donors (Lipinski definition) is 1. The van der Waals surface area contributed by atoms with E-state index in [1.54, 1.807) is 10.9 Å². The zero-order chi connectivity index (χ0) is 14.6. The van der Waals surface area contributed by atoms with E-state index in [0.717, 1.165) is 17.8 Å². The Kier molecular flexibility index (Phi) is 4.39. The SMILES string of the molecule is O=C(Cc1cccc(C(F)(F)F)c1)NCc1cscn1. The molecule has 0 aliphatic rings. The summed E-state index contributed by atoms with van der Waals surface area (Å²) >= 11 is 1.41. The van der Waals surface area contributed by atoms with Crippen LogP contribution in [0.5, 0.6) is 0 Å². The highest BCUT2D eigenvalue weighted by Crippen LogP contribution is 2.29. The summed E-state index contributed by atoms with van der Waals surface area (Å²) in [5, 5.41) is 4.41. The summed E-state index contributed by atoms with van der Waals surface area (Å²) in [5.41, 5.74) is 1.96. The van der Waals surface area contributed by atoms with Gasteiger partial charge < -0.3 is 5.32 Å². The highest BCUT2D eigenvalue weighted by Gasteiger charge is 2.30. The molecule has 1 amide bonds. The van der Waals surface area contributed by atoms with E-state index in [9.17, 15) is 18.0 Å². The molecule has 7 heteroatoms. The average molecular weight is 300 g/mol. The Labute approximate surface area is 117 Å². The molecule has 1 N–H and O–H groups in total. The van der Waals surface area contributed by atoms with Gasteiger partial charge in [0, 0.05) is 5.38 Å². The number of nitrogens with zero attached hydrogens (tertiary/aromatic N) is 1. The van der Waals surface area contributed by atoms with Crippen LogP contribution in [0.3, 0.4) is 0 Å². The number of nitrogens with one attached hydrogen (secondary N) is 1. The third kappa shape index (κ3) is 4.06. The van der Waals surface area contributed by atoms with Crippen molar-refractivity contribution in [2.24, 2.45) is 0 Å². The number of alkyl halides is 3. The van der Waals surface area contributed by atoms with Gasteiger partial charge in [-0.1, -0.05) is 18.2 Å². The predicted octanol–water partition coefficient (Wildman–Crippen LogP) is 3.02. The summed E-state index contributed by atoms with van der Waals surface area (Å²) in [6.07, 6.45) is -4.48. The number of benzene rings is 1. The topological polar surface area (TPSA) is 42.0 Å². The molecule has 0 unspecified atom stereocenters. The third-order valence-electron chi connectivity index (χ3n) is 2.57. The zero-order valence-corrected chi connectivity index (χ0v) is 11.1. The molecule has 0 atom stereocenters. The molecule has 3 nitrogen and oxygen atoms in total. The highest BCUT2D eigenvalue weighted by atomic mass is 32.1. The predicted molar refractivity (Wildman–Crippen MR) is 69.1 cm³/mol. The van der Waals surface area contributed by atoms with Crippen LogP contribution in [0.1, 0.15) is 16.8 Å². The number of rotatable bonds is 4. The molecule has 0 aliphatic heterocycles. The van der Waals surface area contributed by atoms with E-state index >= 15 is 0 Å². The van der Waals surface area contributed by atoms with Crippen molar-refractivity contribution in [3.8, 4) is 0 Å². The van der Waals surface area contributed by atoms with Gasteiger partial charge in [-0.25, -0.2) is 4.98 Å². The van der Waals surface area contributed by atoms with Crippen LogP contribution < -0.4 is 5.32 Å². The maximum Gasteiger partial charge on any atom is 0.416 e. The number of hydrogen-bond acceptors (Lipinski definition) is 3. The minimum atomic E-state index is -4.40. The Morgan fingerprint density at radius 1 is 1.35 bits per heavy atom. The first-order chi connectivity index (χ1) is 9.45. The van der Waals surface area contributed by atoms with Crippen LogP contribution in [0, 0.1) is 0 Å². The van der Waals surface area contributed by atoms with Gasteiger partial charge in [0.05, 0.1) is 29.7 Å². The molecule has 0 aliphatic carbocycles. The van der Waals surface area contributed by atoms with E-state index in [0.29, 0.717) is 5.56 Å². The largest absolute Gasteiger partial charge is 0.416 e. The van der Waals surface area contributed by atoms with Gasteiger partial charge in [-0.05, 0) is 11.6 Å². The molecule has 0 radical (unpaired) electrons. The maximum absolute atomic E-state index is 12.5. The summed E-state index contributed by atoms with van der Waals surface area (Å²) in [6, 6.07) is 4.77. The fourth-order valence-electron chi connectivity index (χ4n) is 1.62.